The fraction of sp³-hybridized carbons (Fsp3) is 0.733. The summed E-state index contributed by atoms with van der Waals surface area (Å²) in [6.45, 7) is 9.68. The van der Waals surface area contributed by atoms with E-state index in [-0.39, 0.29) is 0 Å². The second-order valence-corrected chi connectivity index (χ2v) is 5.48. The van der Waals surface area contributed by atoms with Gasteiger partial charge in [0.1, 0.15) is 5.82 Å². The van der Waals surface area contributed by atoms with Crippen LogP contribution >= 0.6 is 0 Å². The highest BCUT2D eigenvalue weighted by atomic mass is 15.2. The van der Waals surface area contributed by atoms with Crippen molar-refractivity contribution in [3.63, 3.8) is 0 Å². The molecule has 2 heterocycles. The van der Waals surface area contributed by atoms with Crippen molar-refractivity contribution in [3.05, 3.63) is 11.8 Å². The molecular formula is C15H26N4. The number of anilines is 2. The molecule has 1 fully saturated rings. The summed E-state index contributed by atoms with van der Waals surface area (Å²) in [6, 6.07) is 2.11. The lowest BCUT2D eigenvalue weighted by atomic mass is 9.96. The van der Waals surface area contributed by atoms with Gasteiger partial charge >= 0.3 is 0 Å². The SMILES string of the molecule is CCCNc1nc(C)cc(N2CCCC(CC)C2)n1. The highest BCUT2D eigenvalue weighted by Gasteiger charge is 2.20. The first-order chi connectivity index (χ1) is 9.22. The molecule has 0 aliphatic carbocycles. The molecule has 1 atom stereocenters. The van der Waals surface area contributed by atoms with E-state index in [1.165, 1.54) is 19.3 Å². The van der Waals surface area contributed by atoms with Crippen molar-refractivity contribution in [2.45, 2.75) is 46.5 Å². The molecule has 1 unspecified atom stereocenters. The van der Waals surface area contributed by atoms with Gasteiger partial charge < -0.3 is 10.2 Å². The summed E-state index contributed by atoms with van der Waals surface area (Å²) in [5.41, 5.74) is 1.04. The normalized spacial score (nSPS) is 19.5. The number of nitrogens with zero attached hydrogens (tertiary/aromatic N) is 3. The number of aromatic nitrogens is 2. The van der Waals surface area contributed by atoms with E-state index in [0.717, 1.165) is 49.4 Å². The van der Waals surface area contributed by atoms with E-state index in [1.54, 1.807) is 0 Å². The fourth-order valence-corrected chi connectivity index (χ4v) is 2.64. The monoisotopic (exact) mass is 262 g/mol. The van der Waals surface area contributed by atoms with Crippen molar-refractivity contribution in [1.82, 2.24) is 9.97 Å². The summed E-state index contributed by atoms with van der Waals surface area (Å²) in [6.07, 6.45) is 4.99. The highest BCUT2D eigenvalue weighted by Crippen LogP contribution is 2.24. The van der Waals surface area contributed by atoms with Crippen LogP contribution in [0.5, 0.6) is 0 Å². The Balaban J connectivity index is 2.11. The van der Waals surface area contributed by atoms with E-state index in [0.29, 0.717) is 0 Å². The molecule has 0 saturated carbocycles. The molecule has 0 amide bonds. The van der Waals surface area contributed by atoms with Crippen LogP contribution in [0, 0.1) is 12.8 Å². The zero-order valence-corrected chi connectivity index (χ0v) is 12.4. The third kappa shape index (κ3) is 3.82. The number of rotatable bonds is 5. The van der Waals surface area contributed by atoms with Gasteiger partial charge in [-0.3, -0.25) is 0 Å². The second-order valence-electron chi connectivity index (χ2n) is 5.48. The van der Waals surface area contributed by atoms with Gasteiger partial charge in [0, 0.05) is 31.4 Å². The second kappa shape index (κ2) is 6.73. The Labute approximate surface area is 116 Å². The van der Waals surface area contributed by atoms with Gasteiger partial charge in [0.25, 0.3) is 0 Å². The zero-order valence-electron chi connectivity index (χ0n) is 12.4. The van der Waals surface area contributed by atoms with E-state index >= 15 is 0 Å². The summed E-state index contributed by atoms with van der Waals surface area (Å²) in [4.78, 5) is 11.5. The topological polar surface area (TPSA) is 41.1 Å². The summed E-state index contributed by atoms with van der Waals surface area (Å²) >= 11 is 0. The maximum atomic E-state index is 4.67. The van der Waals surface area contributed by atoms with E-state index in [2.05, 4.69) is 40.1 Å². The number of piperidine rings is 1. The van der Waals surface area contributed by atoms with E-state index in [4.69, 9.17) is 0 Å². The molecule has 1 aliphatic heterocycles. The summed E-state index contributed by atoms with van der Waals surface area (Å²) < 4.78 is 0. The lowest BCUT2D eigenvalue weighted by Crippen LogP contribution is -2.35. The lowest BCUT2D eigenvalue weighted by Gasteiger charge is -2.33. The third-order valence-electron chi connectivity index (χ3n) is 3.79. The Kier molecular flexibility index (Phi) is 5.00. The standard InChI is InChI=1S/C15H26N4/c1-4-8-16-15-17-12(3)10-14(18-15)19-9-6-7-13(5-2)11-19/h10,13H,4-9,11H2,1-3H3,(H,16,17,18). The van der Waals surface area contributed by atoms with Gasteiger partial charge in [0.15, 0.2) is 0 Å². The lowest BCUT2D eigenvalue weighted by molar-refractivity contribution is 0.403. The Bertz CT molecular complexity index is 405. The molecule has 0 aromatic carbocycles. The average Bonchev–Trinajstić information content (AvgIpc) is 2.44. The van der Waals surface area contributed by atoms with Gasteiger partial charge in [-0.2, -0.15) is 4.98 Å². The Morgan fingerprint density at radius 3 is 2.95 bits per heavy atom. The molecular weight excluding hydrogens is 236 g/mol. The quantitative estimate of drug-likeness (QED) is 0.884. The first-order valence-electron chi connectivity index (χ1n) is 7.57. The van der Waals surface area contributed by atoms with Crippen molar-refractivity contribution in [2.24, 2.45) is 5.92 Å². The minimum atomic E-state index is 0.774. The molecule has 2 rings (SSSR count). The summed E-state index contributed by atoms with van der Waals surface area (Å²) in [7, 11) is 0. The molecule has 0 spiro atoms. The van der Waals surface area contributed by atoms with Crippen LogP contribution in [0.2, 0.25) is 0 Å². The smallest absolute Gasteiger partial charge is 0.224 e. The molecule has 1 aromatic heterocycles. The van der Waals surface area contributed by atoms with Crippen molar-refractivity contribution < 1.29 is 0 Å². The van der Waals surface area contributed by atoms with Gasteiger partial charge in [-0.25, -0.2) is 4.98 Å². The van der Waals surface area contributed by atoms with Gasteiger partial charge in [-0.15, -0.1) is 0 Å². The molecule has 1 saturated heterocycles. The van der Waals surface area contributed by atoms with Gasteiger partial charge in [-0.1, -0.05) is 20.3 Å². The van der Waals surface area contributed by atoms with Crippen molar-refractivity contribution in [3.8, 4) is 0 Å². The first kappa shape index (κ1) is 14.1. The van der Waals surface area contributed by atoms with Crippen LogP contribution in [0.3, 0.4) is 0 Å². The number of hydrogen-bond acceptors (Lipinski definition) is 4. The molecule has 4 heteroatoms. The summed E-state index contributed by atoms with van der Waals surface area (Å²) in [5, 5.41) is 3.29. The van der Waals surface area contributed by atoms with Crippen LogP contribution < -0.4 is 10.2 Å². The Morgan fingerprint density at radius 2 is 2.21 bits per heavy atom. The van der Waals surface area contributed by atoms with Crippen molar-refractivity contribution >= 4 is 11.8 Å². The molecule has 1 aliphatic rings. The van der Waals surface area contributed by atoms with Crippen molar-refractivity contribution in [2.75, 3.05) is 29.9 Å². The van der Waals surface area contributed by atoms with Crippen LogP contribution in [-0.2, 0) is 0 Å². The van der Waals surface area contributed by atoms with Crippen molar-refractivity contribution in [1.29, 1.82) is 0 Å². The molecule has 4 nitrogen and oxygen atoms in total. The van der Waals surface area contributed by atoms with Gasteiger partial charge in [0.2, 0.25) is 5.95 Å². The molecule has 106 valence electrons. The van der Waals surface area contributed by atoms with Crippen LogP contribution in [0.15, 0.2) is 6.07 Å². The largest absolute Gasteiger partial charge is 0.356 e. The van der Waals surface area contributed by atoms with Gasteiger partial charge in [0.05, 0.1) is 0 Å². The molecule has 0 radical (unpaired) electrons. The van der Waals surface area contributed by atoms with Crippen LogP contribution in [0.4, 0.5) is 11.8 Å². The van der Waals surface area contributed by atoms with E-state index in [1.807, 2.05) is 6.92 Å². The van der Waals surface area contributed by atoms with E-state index < -0.39 is 0 Å². The Morgan fingerprint density at radius 1 is 1.37 bits per heavy atom. The fourth-order valence-electron chi connectivity index (χ4n) is 2.64. The average molecular weight is 262 g/mol. The maximum absolute atomic E-state index is 4.67. The molecule has 0 bridgehead atoms. The van der Waals surface area contributed by atoms with Crippen LogP contribution in [0.25, 0.3) is 0 Å². The minimum absolute atomic E-state index is 0.774. The molecule has 1 N–H and O–H groups in total. The third-order valence-corrected chi connectivity index (χ3v) is 3.79. The number of hydrogen-bond donors (Lipinski definition) is 1. The maximum Gasteiger partial charge on any atom is 0.224 e. The predicted octanol–water partition coefficient (Wildman–Crippen LogP) is 3.23. The minimum Gasteiger partial charge on any atom is -0.356 e. The van der Waals surface area contributed by atoms with Gasteiger partial charge in [-0.05, 0) is 32.1 Å². The van der Waals surface area contributed by atoms with Crippen LogP contribution in [-0.4, -0.2) is 29.6 Å². The number of nitrogens with one attached hydrogen (secondary N) is 1. The molecule has 19 heavy (non-hydrogen) atoms. The van der Waals surface area contributed by atoms with E-state index in [9.17, 15) is 0 Å². The summed E-state index contributed by atoms with van der Waals surface area (Å²) in [5.74, 6) is 2.68. The Hall–Kier alpha value is -1.32. The molecule has 1 aromatic rings. The first-order valence-corrected chi connectivity index (χ1v) is 7.57. The van der Waals surface area contributed by atoms with Crippen LogP contribution in [0.1, 0.15) is 45.2 Å². The highest BCUT2D eigenvalue weighted by molar-refractivity contribution is 5.45. The zero-order chi connectivity index (χ0) is 13.7. The number of aryl methyl sites for hydroxylation is 1. The predicted molar refractivity (Wildman–Crippen MR) is 80.8 cm³/mol.